The standard InChI is InChI=1S/C24H23BrN2O3/c1-14-15(2)23(26-16(3)22(14)29-13-17-7-5-4-6-8-17)27-24(28)21-12-18-11-19(25)9-10-20(18)30-21/h4-11,21H,12-13H2,1-3H3,(H,26,27,28). The maximum absolute atomic E-state index is 12.8. The fourth-order valence-corrected chi connectivity index (χ4v) is 3.95. The van der Waals surface area contributed by atoms with Crippen LogP contribution in [0.3, 0.4) is 0 Å². The first-order valence-electron chi connectivity index (χ1n) is 9.83. The van der Waals surface area contributed by atoms with E-state index in [2.05, 4.69) is 26.2 Å². The van der Waals surface area contributed by atoms with E-state index < -0.39 is 6.10 Å². The molecule has 0 aliphatic carbocycles. The van der Waals surface area contributed by atoms with E-state index in [1.807, 2.05) is 69.3 Å². The zero-order chi connectivity index (χ0) is 21.3. The van der Waals surface area contributed by atoms with Gasteiger partial charge in [-0.3, -0.25) is 4.79 Å². The third-order valence-corrected chi connectivity index (χ3v) is 5.82. The van der Waals surface area contributed by atoms with Gasteiger partial charge in [0.2, 0.25) is 0 Å². The lowest BCUT2D eigenvalue weighted by atomic mass is 10.1. The second-order valence-corrected chi connectivity index (χ2v) is 8.37. The number of pyridine rings is 1. The Kier molecular flexibility index (Phi) is 5.77. The second-order valence-electron chi connectivity index (χ2n) is 7.45. The summed E-state index contributed by atoms with van der Waals surface area (Å²) in [5.74, 6) is 1.85. The zero-order valence-electron chi connectivity index (χ0n) is 17.2. The molecule has 1 unspecified atom stereocenters. The minimum Gasteiger partial charge on any atom is -0.487 e. The van der Waals surface area contributed by atoms with Crippen molar-refractivity contribution >= 4 is 27.7 Å². The van der Waals surface area contributed by atoms with Gasteiger partial charge in [0, 0.05) is 10.9 Å². The first kappa shape index (κ1) is 20.4. The number of halogens is 1. The van der Waals surface area contributed by atoms with Gasteiger partial charge in [0.1, 0.15) is 23.9 Å². The number of ether oxygens (including phenoxy) is 2. The quantitative estimate of drug-likeness (QED) is 0.554. The molecule has 5 nitrogen and oxygen atoms in total. The predicted molar refractivity (Wildman–Crippen MR) is 120 cm³/mol. The average molecular weight is 467 g/mol. The van der Waals surface area contributed by atoms with E-state index in [0.717, 1.165) is 43.9 Å². The Hall–Kier alpha value is -2.86. The molecule has 2 heterocycles. The van der Waals surface area contributed by atoms with E-state index >= 15 is 0 Å². The first-order valence-corrected chi connectivity index (χ1v) is 10.6. The van der Waals surface area contributed by atoms with E-state index in [1.54, 1.807) is 0 Å². The smallest absolute Gasteiger partial charge is 0.266 e. The third-order valence-electron chi connectivity index (χ3n) is 5.32. The summed E-state index contributed by atoms with van der Waals surface area (Å²) in [6.45, 7) is 6.29. The lowest BCUT2D eigenvalue weighted by Gasteiger charge is -2.18. The normalized spacial score (nSPS) is 14.7. The van der Waals surface area contributed by atoms with Gasteiger partial charge in [0.05, 0.1) is 5.69 Å². The van der Waals surface area contributed by atoms with Crippen LogP contribution in [0.25, 0.3) is 0 Å². The number of nitrogens with zero attached hydrogens (tertiary/aromatic N) is 1. The Morgan fingerprint density at radius 1 is 1.17 bits per heavy atom. The van der Waals surface area contributed by atoms with Crippen LogP contribution in [0.4, 0.5) is 5.82 Å². The molecule has 0 saturated heterocycles. The van der Waals surface area contributed by atoms with Crippen molar-refractivity contribution in [2.75, 3.05) is 5.32 Å². The maximum atomic E-state index is 12.8. The van der Waals surface area contributed by atoms with Crippen LogP contribution in [-0.4, -0.2) is 17.0 Å². The molecule has 1 aromatic heterocycles. The maximum Gasteiger partial charge on any atom is 0.266 e. The Labute approximate surface area is 184 Å². The molecule has 3 aromatic rings. The first-order chi connectivity index (χ1) is 14.4. The highest BCUT2D eigenvalue weighted by molar-refractivity contribution is 9.10. The lowest BCUT2D eigenvalue weighted by Crippen LogP contribution is -2.32. The molecular weight excluding hydrogens is 444 g/mol. The number of hydrogen-bond donors (Lipinski definition) is 1. The van der Waals surface area contributed by atoms with Crippen LogP contribution in [0, 0.1) is 20.8 Å². The molecule has 1 atom stereocenters. The van der Waals surface area contributed by atoms with Crippen molar-refractivity contribution in [3.8, 4) is 11.5 Å². The van der Waals surface area contributed by atoms with E-state index in [4.69, 9.17) is 9.47 Å². The van der Waals surface area contributed by atoms with Gasteiger partial charge >= 0.3 is 0 Å². The summed E-state index contributed by atoms with van der Waals surface area (Å²) in [7, 11) is 0. The van der Waals surface area contributed by atoms with Crippen LogP contribution in [0.15, 0.2) is 53.0 Å². The summed E-state index contributed by atoms with van der Waals surface area (Å²) >= 11 is 3.46. The van der Waals surface area contributed by atoms with Gasteiger partial charge in [-0.15, -0.1) is 0 Å². The molecule has 0 saturated carbocycles. The number of fused-ring (bicyclic) bond motifs is 1. The molecule has 0 fully saturated rings. The fraction of sp³-hybridized carbons (Fsp3) is 0.250. The molecule has 0 radical (unpaired) electrons. The number of anilines is 1. The van der Waals surface area contributed by atoms with E-state index in [1.165, 1.54) is 0 Å². The van der Waals surface area contributed by atoms with Crippen LogP contribution < -0.4 is 14.8 Å². The fourth-order valence-electron chi connectivity index (χ4n) is 3.55. The lowest BCUT2D eigenvalue weighted by molar-refractivity contribution is -0.122. The van der Waals surface area contributed by atoms with Crippen molar-refractivity contribution in [2.24, 2.45) is 0 Å². The van der Waals surface area contributed by atoms with Gasteiger partial charge in [-0.25, -0.2) is 4.98 Å². The summed E-state index contributed by atoms with van der Waals surface area (Å²) in [6, 6.07) is 15.8. The van der Waals surface area contributed by atoms with Gasteiger partial charge in [0.15, 0.2) is 6.10 Å². The zero-order valence-corrected chi connectivity index (χ0v) is 18.7. The number of nitrogens with one attached hydrogen (secondary N) is 1. The summed E-state index contributed by atoms with van der Waals surface area (Å²) < 4.78 is 12.8. The van der Waals surface area contributed by atoms with Gasteiger partial charge in [-0.1, -0.05) is 46.3 Å². The number of amides is 1. The van der Waals surface area contributed by atoms with Crippen LogP contribution >= 0.6 is 15.9 Å². The molecule has 30 heavy (non-hydrogen) atoms. The van der Waals surface area contributed by atoms with Gasteiger partial charge in [0.25, 0.3) is 5.91 Å². The Balaban J connectivity index is 1.48. The Morgan fingerprint density at radius 3 is 2.70 bits per heavy atom. The van der Waals surface area contributed by atoms with Crippen LogP contribution in [0.5, 0.6) is 11.5 Å². The van der Waals surface area contributed by atoms with Crippen molar-refractivity contribution in [3.63, 3.8) is 0 Å². The molecule has 2 aromatic carbocycles. The van der Waals surface area contributed by atoms with Crippen molar-refractivity contribution in [1.29, 1.82) is 0 Å². The topological polar surface area (TPSA) is 60.5 Å². The summed E-state index contributed by atoms with van der Waals surface area (Å²) in [6.07, 6.45) is -0.0271. The Morgan fingerprint density at radius 2 is 1.93 bits per heavy atom. The number of aromatic nitrogens is 1. The third kappa shape index (κ3) is 4.19. The minimum atomic E-state index is -0.565. The molecule has 1 aliphatic heterocycles. The largest absolute Gasteiger partial charge is 0.487 e. The summed E-state index contributed by atoms with van der Waals surface area (Å²) in [4.78, 5) is 17.4. The van der Waals surface area contributed by atoms with E-state index in [0.29, 0.717) is 18.8 Å². The van der Waals surface area contributed by atoms with E-state index in [9.17, 15) is 4.79 Å². The van der Waals surface area contributed by atoms with Crippen molar-refractivity contribution in [1.82, 2.24) is 4.98 Å². The molecular formula is C24H23BrN2O3. The van der Waals surface area contributed by atoms with Crippen LogP contribution in [0.2, 0.25) is 0 Å². The van der Waals surface area contributed by atoms with Crippen LogP contribution in [-0.2, 0) is 17.8 Å². The molecule has 4 rings (SSSR count). The SMILES string of the molecule is Cc1nc(NC(=O)C2Cc3cc(Br)ccc3O2)c(C)c(C)c1OCc1ccccc1. The molecule has 154 valence electrons. The second kappa shape index (κ2) is 8.48. The van der Waals surface area contributed by atoms with Gasteiger partial charge in [-0.2, -0.15) is 0 Å². The van der Waals surface area contributed by atoms with Crippen LogP contribution in [0.1, 0.15) is 27.9 Å². The minimum absolute atomic E-state index is 0.199. The molecule has 6 heteroatoms. The number of hydrogen-bond acceptors (Lipinski definition) is 4. The molecule has 0 bridgehead atoms. The van der Waals surface area contributed by atoms with Gasteiger partial charge < -0.3 is 14.8 Å². The molecule has 1 aliphatic rings. The Bertz CT molecular complexity index is 1100. The van der Waals surface area contributed by atoms with E-state index in [-0.39, 0.29) is 5.91 Å². The number of benzene rings is 2. The highest BCUT2D eigenvalue weighted by atomic mass is 79.9. The van der Waals surface area contributed by atoms with Crippen molar-refractivity contribution in [2.45, 2.75) is 39.9 Å². The number of aryl methyl sites for hydroxylation is 1. The van der Waals surface area contributed by atoms with Crippen molar-refractivity contribution in [3.05, 3.63) is 81.0 Å². The molecule has 1 amide bonds. The highest BCUT2D eigenvalue weighted by Crippen LogP contribution is 2.33. The highest BCUT2D eigenvalue weighted by Gasteiger charge is 2.30. The van der Waals surface area contributed by atoms with Crippen molar-refractivity contribution < 1.29 is 14.3 Å². The number of carbonyl (C=O) groups is 1. The molecule has 1 N–H and O–H groups in total. The number of rotatable bonds is 5. The molecule has 0 spiro atoms. The summed E-state index contributed by atoms with van der Waals surface area (Å²) in [5.41, 5.74) is 4.70. The predicted octanol–water partition coefficient (Wildman–Crippen LogP) is 5.29. The van der Waals surface area contributed by atoms with Gasteiger partial charge in [-0.05, 0) is 61.2 Å². The summed E-state index contributed by atoms with van der Waals surface area (Å²) in [5, 5.41) is 2.94. The number of carbonyl (C=O) groups excluding carboxylic acids is 1. The average Bonchev–Trinajstić information content (AvgIpc) is 3.16. The monoisotopic (exact) mass is 466 g/mol.